The Morgan fingerprint density at radius 3 is 2.50 bits per heavy atom. The fourth-order valence-electron chi connectivity index (χ4n) is 5.20. The van der Waals surface area contributed by atoms with Crippen LogP contribution in [0.1, 0.15) is 12.5 Å². The van der Waals surface area contributed by atoms with E-state index < -0.39 is 49.2 Å². The first-order chi connectivity index (χ1) is 19.8. The molecule has 42 heavy (non-hydrogen) atoms. The molecule has 4 aromatic rings. The number of phenols is 1. The smallest absolute Gasteiger partial charge is 0.355 e. The van der Waals surface area contributed by atoms with Crippen molar-refractivity contribution < 1.29 is 27.1 Å². The number of primary sulfonamides is 1. The van der Waals surface area contributed by atoms with Gasteiger partial charge in [0.15, 0.2) is 11.5 Å². The summed E-state index contributed by atoms with van der Waals surface area (Å²) in [6.45, 7) is 7.57. The molecule has 1 fully saturated rings. The molecule has 2 aromatic carbocycles. The van der Waals surface area contributed by atoms with E-state index in [1.165, 1.54) is 24.3 Å². The third-order valence-electron chi connectivity index (χ3n) is 7.15. The Morgan fingerprint density at radius 2 is 1.86 bits per heavy atom. The van der Waals surface area contributed by atoms with E-state index in [0.29, 0.717) is 5.56 Å². The molecule has 0 radical (unpaired) electrons. The molecule has 1 aliphatic rings. The highest BCUT2D eigenvalue weighted by atomic mass is 32.2. The predicted octanol–water partition coefficient (Wildman–Crippen LogP) is 2.61. The number of hydrogen-bond donors (Lipinski definition) is 2. The van der Waals surface area contributed by atoms with Gasteiger partial charge in [0.2, 0.25) is 15.9 Å². The van der Waals surface area contributed by atoms with Crippen molar-refractivity contribution in [3.8, 4) is 22.7 Å². The lowest BCUT2D eigenvalue weighted by Crippen LogP contribution is -2.54. The Kier molecular flexibility index (Phi) is 7.28. The van der Waals surface area contributed by atoms with Crippen molar-refractivity contribution in [2.45, 2.75) is 24.8 Å². The molecule has 1 saturated heterocycles. The van der Waals surface area contributed by atoms with Crippen LogP contribution in [0.25, 0.3) is 28.0 Å². The van der Waals surface area contributed by atoms with Crippen molar-refractivity contribution in [3.63, 3.8) is 0 Å². The van der Waals surface area contributed by atoms with Crippen LogP contribution in [0.15, 0.2) is 64.8 Å². The van der Waals surface area contributed by atoms with E-state index in [1.807, 2.05) is 0 Å². The Bertz CT molecular complexity index is 1930. The van der Waals surface area contributed by atoms with Gasteiger partial charge in [-0.3, -0.25) is 4.79 Å². The van der Waals surface area contributed by atoms with Crippen molar-refractivity contribution in [3.05, 3.63) is 82.8 Å². The molecule has 0 unspecified atom stereocenters. The first-order valence-corrected chi connectivity index (χ1v) is 14.3. The number of nitrogens with zero attached hydrogens (tertiary/aromatic N) is 5. The number of amides is 1. The van der Waals surface area contributed by atoms with Gasteiger partial charge in [0.25, 0.3) is 0 Å². The number of carbonyl (C=O) groups is 1. The number of fused-ring (bicyclic) bond motifs is 1. The molecule has 3 heterocycles. The Morgan fingerprint density at radius 1 is 1.14 bits per heavy atom. The molecule has 0 aliphatic carbocycles. The number of hydrogen-bond acceptors (Lipinski definition) is 8. The van der Waals surface area contributed by atoms with E-state index in [9.17, 15) is 27.5 Å². The second-order valence-corrected chi connectivity index (χ2v) is 11.4. The number of pyridine rings is 1. The molecule has 1 atom stereocenters. The summed E-state index contributed by atoms with van der Waals surface area (Å²) in [5.74, 6) is -2.83. The van der Waals surface area contributed by atoms with Gasteiger partial charge in [-0.1, -0.05) is 24.8 Å². The Balaban J connectivity index is 1.86. The van der Waals surface area contributed by atoms with Crippen molar-refractivity contribution in [1.29, 1.82) is 0 Å². The van der Waals surface area contributed by atoms with Crippen molar-refractivity contribution >= 4 is 32.8 Å². The average Bonchev–Trinajstić information content (AvgIpc) is 2.92. The third kappa shape index (κ3) is 4.88. The number of carbonyl (C=O) groups excluding carboxylic acids is 1. The van der Waals surface area contributed by atoms with Crippen molar-refractivity contribution in [2.24, 2.45) is 5.14 Å². The lowest BCUT2D eigenvalue weighted by atomic mass is 10.1. The summed E-state index contributed by atoms with van der Waals surface area (Å²) in [5, 5.41) is 15.9. The van der Waals surface area contributed by atoms with Crippen LogP contribution in [0, 0.1) is 18.6 Å². The van der Waals surface area contributed by atoms with Gasteiger partial charge in [0.05, 0.1) is 16.6 Å². The fraction of sp³-hybridized carbons (Fsp3) is 0.214. The summed E-state index contributed by atoms with van der Waals surface area (Å²) >= 11 is 0. The van der Waals surface area contributed by atoms with Gasteiger partial charge in [0.1, 0.15) is 28.0 Å². The minimum absolute atomic E-state index is 0.00523. The molecule has 5 rings (SSSR count). The average molecular weight is 597 g/mol. The highest BCUT2D eigenvalue weighted by molar-refractivity contribution is 7.89. The summed E-state index contributed by atoms with van der Waals surface area (Å²) in [4.78, 5) is 37.4. The second-order valence-electron chi connectivity index (χ2n) is 9.87. The fourth-order valence-corrected chi connectivity index (χ4v) is 5.99. The predicted molar refractivity (Wildman–Crippen MR) is 152 cm³/mol. The number of aryl methyl sites for hydroxylation is 1. The first-order valence-electron chi connectivity index (χ1n) is 12.8. The van der Waals surface area contributed by atoms with Gasteiger partial charge in [0, 0.05) is 25.7 Å². The van der Waals surface area contributed by atoms with Gasteiger partial charge in [-0.15, -0.1) is 0 Å². The lowest BCUT2D eigenvalue weighted by Gasteiger charge is -2.40. The number of phenolic OH excluding ortho intramolecular Hbond substituents is 1. The minimum atomic E-state index is -4.37. The minimum Gasteiger partial charge on any atom is -0.507 e. The molecule has 2 aromatic heterocycles. The number of para-hydroxylation sites is 1. The number of anilines is 1. The zero-order chi connectivity index (χ0) is 30.5. The molecule has 11 nitrogen and oxygen atoms in total. The van der Waals surface area contributed by atoms with Gasteiger partial charge >= 0.3 is 5.69 Å². The highest BCUT2D eigenvalue weighted by Crippen LogP contribution is 2.36. The van der Waals surface area contributed by atoms with Gasteiger partial charge in [-0.2, -0.15) is 4.98 Å². The number of aromatic hydroxyl groups is 1. The number of benzene rings is 2. The van der Waals surface area contributed by atoms with Crippen LogP contribution >= 0.6 is 0 Å². The number of piperazine rings is 1. The normalized spacial score (nSPS) is 15.7. The first kappa shape index (κ1) is 28.8. The van der Waals surface area contributed by atoms with E-state index in [4.69, 9.17) is 5.14 Å². The van der Waals surface area contributed by atoms with E-state index in [-0.39, 0.29) is 54.1 Å². The SMILES string of the molecule is C=CC(=O)N1CCN(c2nc(=O)n(-c3c(C)cccc3S(N)(=O)=O)c3nc(-c4c(O)cccc4F)c(F)cc23)[C@@H](C)C1. The third-order valence-corrected chi connectivity index (χ3v) is 8.09. The largest absolute Gasteiger partial charge is 0.507 e. The standard InChI is InChI=1S/C28H26F2N6O5S/c1-4-22(38)34-11-12-35(16(3)14-34)26-17-13-19(30)24(23-18(29)8-6-9-20(23)37)32-27(17)36(28(39)33-26)25-15(2)7-5-10-21(25)42(31,40)41/h4-10,13,16,37H,1,11-12,14H2,2-3H3,(H2,31,40,41)/t16-/m0/s1. The van der Waals surface area contributed by atoms with Crippen LogP contribution in [0.4, 0.5) is 14.6 Å². The molecule has 0 saturated carbocycles. The quantitative estimate of drug-likeness (QED) is 0.334. The topological polar surface area (TPSA) is 152 Å². The summed E-state index contributed by atoms with van der Waals surface area (Å²) < 4.78 is 56.6. The molecular weight excluding hydrogens is 570 g/mol. The van der Waals surface area contributed by atoms with Crippen LogP contribution in [-0.4, -0.2) is 64.5 Å². The Labute approximate surface area is 239 Å². The van der Waals surface area contributed by atoms with Gasteiger partial charge in [-0.25, -0.2) is 36.7 Å². The molecule has 14 heteroatoms. The lowest BCUT2D eigenvalue weighted by molar-refractivity contribution is -0.126. The van der Waals surface area contributed by atoms with Crippen LogP contribution in [-0.2, 0) is 14.8 Å². The molecule has 0 bridgehead atoms. The van der Waals surface area contributed by atoms with E-state index in [0.717, 1.165) is 22.8 Å². The zero-order valence-corrected chi connectivity index (χ0v) is 23.4. The maximum atomic E-state index is 15.8. The van der Waals surface area contributed by atoms with E-state index >= 15 is 4.39 Å². The number of halogens is 2. The summed E-state index contributed by atoms with van der Waals surface area (Å²) in [7, 11) is -4.37. The number of sulfonamides is 1. The molecule has 218 valence electrons. The molecular formula is C28H26F2N6O5S. The maximum Gasteiger partial charge on any atom is 0.355 e. The van der Waals surface area contributed by atoms with Crippen molar-refractivity contribution in [1.82, 2.24) is 19.4 Å². The maximum absolute atomic E-state index is 15.8. The van der Waals surface area contributed by atoms with Gasteiger partial charge < -0.3 is 14.9 Å². The van der Waals surface area contributed by atoms with Crippen LogP contribution in [0.2, 0.25) is 0 Å². The summed E-state index contributed by atoms with van der Waals surface area (Å²) in [6, 6.07) is 8.20. The monoisotopic (exact) mass is 596 g/mol. The second kappa shape index (κ2) is 10.6. The van der Waals surface area contributed by atoms with E-state index in [2.05, 4.69) is 16.5 Å². The van der Waals surface area contributed by atoms with Crippen LogP contribution in [0.5, 0.6) is 5.75 Å². The molecule has 3 N–H and O–H groups in total. The van der Waals surface area contributed by atoms with Crippen LogP contribution in [0.3, 0.4) is 0 Å². The van der Waals surface area contributed by atoms with Crippen molar-refractivity contribution in [2.75, 3.05) is 24.5 Å². The summed E-state index contributed by atoms with van der Waals surface area (Å²) in [5.41, 5.74) is -2.22. The van der Waals surface area contributed by atoms with Crippen LogP contribution < -0.4 is 15.7 Å². The zero-order valence-electron chi connectivity index (χ0n) is 22.6. The number of rotatable bonds is 5. The molecule has 1 amide bonds. The number of nitrogens with two attached hydrogens (primary N) is 1. The highest BCUT2D eigenvalue weighted by Gasteiger charge is 2.31. The molecule has 0 spiro atoms. The summed E-state index contributed by atoms with van der Waals surface area (Å²) in [6.07, 6.45) is 1.20. The molecule has 1 aliphatic heterocycles. The van der Waals surface area contributed by atoms with E-state index in [1.54, 1.807) is 29.7 Å². The number of aromatic nitrogens is 3. The van der Waals surface area contributed by atoms with Gasteiger partial charge in [-0.05, 0) is 49.8 Å². The Hall–Kier alpha value is -4.69.